The van der Waals surface area contributed by atoms with Crippen molar-refractivity contribution in [3.8, 4) is 11.5 Å². The van der Waals surface area contributed by atoms with Crippen LogP contribution in [-0.4, -0.2) is 24.3 Å². The fraction of sp³-hybridized carbons (Fsp3) is 0.462. The third-order valence-electron chi connectivity index (χ3n) is 2.80. The molecule has 1 N–H and O–H groups in total. The number of hydrogen-bond donors (Lipinski definition) is 1. The Kier molecular flexibility index (Phi) is 3.52. The van der Waals surface area contributed by atoms with Crippen LogP contribution < -0.4 is 9.47 Å². The van der Waals surface area contributed by atoms with Crippen molar-refractivity contribution < 1.29 is 19.4 Å². The summed E-state index contributed by atoms with van der Waals surface area (Å²) in [5.41, 5.74) is 2.09. The molecule has 0 atom stereocenters. The van der Waals surface area contributed by atoms with Crippen molar-refractivity contribution in [2.24, 2.45) is 0 Å². The molecule has 1 aromatic rings. The van der Waals surface area contributed by atoms with E-state index in [2.05, 4.69) is 0 Å². The molecule has 0 aromatic heterocycles. The van der Waals surface area contributed by atoms with Crippen LogP contribution in [0, 0.1) is 6.92 Å². The van der Waals surface area contributed by atoms with E-state index in [1.807, 2.05) is 19.1 Å². The first-order valence-corrected chi connectivity index (χ1v) is 5.78. The summed E-state index contributed by atoms with van der Waals surface area (Å²) < 4.78 is 11.2. The predicted octanol–water partition coefficient (Wildman–Crippen LogP) is 2.17. The number of rotatable bonds is 4. The maximum atomic E-state index is 10.5. The average molecular weight is 236 g/mol. The summed E-state index contributed by atoms with van der Waals surface area (Å²) in [5, 5.41) is 8.62. The van der Waals surface area contributed by atoms with E-state index >= 15 is 0 Å². The van der Waals surface area contributed by atoms with Gasteiger partial charge in [0.25, 0.3) is 0 Å². The molecule has 0 aliphatic carbocycles. The van der Waals surface area contributed by atoms with Gasteiger partial charge in [-0.25, -0.2) is 0 Å². The monoisotopic (exact) mass is 236 g/mol. The Labute approximate surface area is 100 Å². The van der Waals surface area contributed by atoms with Crippen molar-refractivity contribution >= 4 is 5.97 Å². The van der Waals surface area contributed by atoms with Gasteiger partial charge in [-0.1, -0.05) is 12.1 Å². The lowest BCUT2D eigenvalue weighted by atomic mass is 10.0. The molecule has 0 radical (unpaired) electrons. The summed E-state index contributed by atoms with van der Waals surface area (Å²) in [6, 6.07) is 3.98. The lowest BCUT2D eigenvalue weighted by Crippen LogP contribution is -2.17. The van der Waals surface area contributed by atoms with Gasteiger partial charge < -0.3 is 14.6 Å². The van der Waals surface area contributed by atoms with Crippen molar-refractivity contribution in [1.82, 2.24) is 0 Å². The standard InChI is InChI=1S/C13H16O4/c1-9-5-6-10(3-2-4-11(14)15)13-12(9)16-7-8-17-13/h5-6H,2-4,7-8H2,1H3,(H,14,15). The Morgan fingerprint density at radius 1 is 1.29 bits per heavy atom. The lowest BCUT2D eigenvalue weighted by Gasteiger charge is -2.22. The molecule has 1 aliphatic heterocycles. The molecule has 1 heterocycles. The molecule has 1 aliphatic rings. The topological polar surface area (TPSA) is 55.8 Å². The van der Waals surface area contributed by atoms with Gasteiger partial charge in [-0.05, 0) is 30.9 Å². The van der Waals surface area contributed by atoms with Crippen LogP contribution in [0.5, 0.6) is 11.5 Å². The molecule has 92 valence electrons. The predicted molar refractivity (Wildman–Crippen MR) is 62.7 cm³/mol. The quantitative estimate of drug-likeness (QED) is 0.870. The first-order valence-electron chi connectivity index (χ1n) is 5.78. The van der Waals surface area contributed by atoms with Gasteiger partial charge in [0.2, 0.25) is 0 Å². The minimum absolute atomic E-state index is 0.184. The Balaban J connectivity index is 2.14. The molecule has 0 saturated heterocycles. The third kappa shape index (κ3) is 2.70. The molecule has 1 aromatic carbocycles. The van der Waals surface area contributed by atoms with Crippen LogP contribution in [0.2, 0.25) is 0 Å². The van der Waals surface area contributed by atoms with Crippen LogP contribution in [0.15, 0.2) is 12.1 Å². The molecule has 0 unspecified atom stereocenters. The van der Waals surface area contributed by atoms with Crippen LogP contribution in [0.1, 0.15) is 24.0 Å². The second-order valence-electron chi connectivity index (χ2n) is 4.14. The van der Waals surface area contributed by atoms with Crippen molar-refractivity contribution in [1.29, 1.82) is 0 Å². The summed E-state index contributed by atoms with van der Waals surface area (Å²) in [6.07, 6.45) is 1.51. The Hall–Kier alpha value is -1.71. The SMILES string of the molecule is Cc1ccc(CCCC(=O)O)c2c1OCCO2. The summed E-state index contributed by atoms with van der Waals surface area (Å²) in [4.78, 5) is 10.5. The van der Waals surface area contributed by atoms with E-state index in [1.165, 1.54) is 0 Å². The van der Waals surface area contributed by atoms with Gasteiger partial charge in [-0.15, -0.1) is 0 Å². The Bertz CT molecular complexity index is 426. The highest BCUT2D eigenvalue weighted by Crippen LogP contribution is 2.37. The molecule has 0 saturated carbocycles. The molecule has 0 bridgehead atoms. The molecular formula is C13H16O4. The summed E-state index contributed by atoms with van der Waals surface area (Å²) >= 11 is 0. The largest absolute Gasteiger partial charge is 0.486 e. The minimum atomic E-state index is -0.761. The first-order chi connectivity index (χ1) is 8.18. The highest BCUT2D eigenvalue weighted by molar-refractivity contribution is 5.66. The molecule has 2 rings (SSSR count). The second-order valence-corrected chi connectivity index (χ2v) is 4.14. The van der Waals surface area contributed by atoms with Gasteiger partial charge >= 0.3 is 5.97 Å². The smallest absolute Gasteiger partial charge is 0.303 e. The Morgan fingerprint density at radius 2 is 2.00 bits per heavy atom. The van der Waals surface area contributed by atoms with Gasteiger partial charge in [0.15, 0.2) is 11.5 Å². The minimum Gasteiger partial charge on any atom is -0.486 e. The van der Waals surface area contributed by atoms with E-state index in [4.69, 9.17) is 14.6 Å². The van der Waals surface area contributed by atoms with Gasteiger partial charge in [-0.3, -0.25) is 4.79 Å². The molecule has 0 spiro atoms. The molecule has 0 fully saturated rings. The molecule has 4 nitrogen and oxygen atoms in total. The number of aliphatic carboxylic acids is 1. The van der Waals surface area contributed by atoms with Gasteiger partial charge in [0, 0.05) is 6.42 Å². The van der Waals surface area contributed by atoms with E-state index in [-0.39, 0.29) is 6.42 Å². The molecule has 0 amide bonds. The number of carboxylic acids is 1. The number of fused-ring (bicyclic) bond motifs is 1. The number of carboxylic acid groups (broad SMARTS) is 1. The fourth-order valence-electron chi connectivity index (χ4n) is 1.95. The Morgan fingerprint density at radius 3 is 2.71 bits per heavy atom. The van der Waals surface area contributed by atoms with E-state index < -0.39 is 5.97 Å². The summed E-state index contributed by atoms with van der Waals surface area (Å²) in [5.74, 6) is 0.842. The normalized spacial score (nSPS) is 13.5. The van der Waals surface area contributed by atoms with Crippen molar-refractivity contribution in [2.75, 3.05) is 13.2 Å². The number of carbonyl (C=O) groups is 1. The molecular weight excluding hydrogens is 220 g/mol. The fourth-order valence-corrected chi connectivity index (χ4v) is 1.95. The van der Waals surface area contributed by atoms with E-state index in [0.29, 0.717) is 26.1 Å². The van der Waals surface area contributed by atoms with Gasteiger partial charge in [0.05, 0.1) is 0 Å². The highest BCUT2D eigenvalue weighted by atomic mass is 16.6. The number of hydrogen-bond acceptors (Lipinski definition) is 3. The van der Waals surface area contributed by atoms with E-state index in [9.17, 15) is 4.79 Å². The number of ether oxygens (including phenoxy) is 2. The first kappa shape index (κ1) is 11.8. The average Bonchev–Trinajstić information content (AvgIpc) is 2.32. The molecule has 17 heavy (non-hydrogen) atoms. The van der Waals surface area contributed by atoms with Crippen LogP contribution in [-0.2, 0) is 11.2 Å². The zero-order chi connectivity index (χ0) is 12.3. The number of benzene rings is 1. The van der Waals surface area contributed by atoms with E-state index in [1.54, 1.807) is 0 Å². The highest BCUT2D eigenvalue weighted by Gasteiger charge is 2.18. The van der Waals surface area contributed by atoms with Crippen molar-refractivity contribution in [2.45, 2.75) is 26.2 Å². The number of aryl methyl sites for hydroxylation is 2. The maximum Gasteiger partial charge on any atom is 0.303 e. The van der Waals surface area contributed by atoms with Gasteiger partial charge in [0.1, 0.15) is 13.2 Å². The van der Waals surface area contributed by atoms with Crippen molar-refractivity contribution in [3.63, 3.8) is 0 Å². The maximum absolute atomic E-state index is 10.5. The molecule has 4 heteroatoms. The van der Waals surface area contributed by atoms with Crippen LogP contribution in [0.3, 0.4) is 0 Å². The zero-order valence-corrected chi connectivity index (χ0v) is 9.86. The van der Waals surface area contributed by atoms with Crippen LogP contribution in [0.25, 0.3) is 0 Å². The van der Waals surface area contributed by atoms with Crippen LogP contribution in [0.4, 0.5) is 0 Å². The summed E-state index contributed by atoms with van der Waals surface area (Å²) in [7, 11) is 0. The van der Waals surface area contributed by atoms with E-state index in [0.717, 1.165) is 22.6 Å². The van der Waals surface area contributed by atoms with Crippen LogP contribution >= 0.6 is 0 Å². The van der Waals surface area contributed by atoms with Gasteiger partial charge in [-0.2, -0.15) is 0 Å². The third-order valence-corrected chi connectivity index (χ3v) is 2.80. The summed E-state index contributed by atoms with van der Waals surface area (Å²) in [6.45, 7) is 3.11. The lowest BCUT2D eigenvalue weighted by molar-refractivity contribution is -0.137. The van der Waals surface area contributed by atoms with Crippen molar-refractivity contribution in [3.05, 3.63) is 23.3 Å². The zero-order valence-electron chi connectivity index (χ0n) is 9.86. The second kappa shape index (κ2) is 5.08.